The average Bonchev–Trinajstić information content (AvgIpc) is 2.71. The molecule has 1 heterocycles. The normalized spacial score (nSPS) is 26.4. The first kappa shape index (κ1) is 24.0. The van der Waals surface area contributed by atoms with Crippen molar-refractivity contribution in [2.45, 2.75) is 44.4 Å². The summed E-state index contributed by atoms with van der Waals surface area (Å²) in [5.41, 5.74) is 1.26. The zero-order valence-corrected chi connectivity index (χ0v) is 17.2. The van der Waals surface area contributed by atoms with E-state index in [1.807, 2.05) is 0 Å². The Bertz CT molecular complexity index is 890. The number of allylic oxidation sites excluding steroid dienone is 3. The van der Waals surface area contributed by atoms with Crippen molar-refractivity contribution in [3.05, 3.63) is 53.1 Å². The average molecular weight is 435 g/mol. The second-order valence-electron chi connectivity index (χ2n) is 6.80. The predicted molar refractivity (Wildman–Crippen MR) is 110 cm³/mol. The fraction of sp³-hybridized carbons (Fsp3) is 0.364. The van der Waals surface area contributed by atoms with Crippen LogP contribution in [0.2, 0.25) is 0 Å². The zero-order chi connectivity index (χ0) is 22.4. The quantitative estimate of drug-likeness (QED) is 0.175. The lowest BCUT2D eigenvalue weighted by Crippen LogP contribution is -2.58. The molecule has 30 heavy (non-hydrogen) atoms. The summed E-state index contributed by atoms with van der Waals surface area (Å²) in [7, 11) is 0. The molecule has 1 aliphatic heterocycles. The van der Waals surface area contributed by atoms with Crippen LogP contribution in [-0.2, 0) is 14.3 Å². The molecule has 0 bridgehead atoms. The van der Waals surface area contributed by atoms with Gasteiger partial charge in [-0.3, -0.25) is 9.59 Å². The first-order chi connectivity index (χ1) is 14.1. The molecule has 2 rings (SSSR count). The van der Waals surface area contributed by atoms with Crippen LogP contribution in [0.3, 0.4) is 0 Å². The Morgan fingerprint density at radius 2 is 1.63 bits per heavy atom. The Morgan fingerprint density at radius 1 is 1.03 bits per heavy atom. The number of hydrogen-bond donors (Lipinski definition) is 4. The van der Waals surface area contributed by atoms with E-state index in [-0.39, 0.29) is 17.1 Å². The van der Waals surface area contributed by atoms with E-state index >= 15 is 0 Å². The molecule has 8 heteroatoms. The van der Waals surface area contributed by atoms with Gasteiger partial charge in [0.25, 0.3) is 0 Å². The minimum absolute atomic E-state index is 0.0511. The fourth-order valence-electron chi connectivity index (χ4n) is 2.82. The molecular formula is C22H23ClO7. The van der Waals surface area contributed by atoms with Gasteiger partial charge in [-0.25, -0.2) is 0 Å². The lowest BCUT2D eigenvalue weighted by Gasteiger charge is -2.37. The minimum Gasteiger partial charge on any atom is -0.394 e. The molecule has 0 radical (unpaired) electrons. The van der Waals surface area contributed by atoms with Crippen LogP contribution in [0, 0.1) is 11.8 Å². The highest BCUT2D eigenvalue weighted by Gasteiger charge is 2.42. The van der Waals surface area contributed by atoms with Crippen LogP contribution in [0.1, 0.15) is 25.0 Å². The maximum Gasteiger partial charge on any atom is 0.163 e. The van der Waals surface area contributed by atoms with Crippen LogP contribution >= 0.6 is 11.6 Å². The van der Waals surface area contributed by atoms with Crippen molar-refractivity contribution in [3.63, 3.8) is 0 Å². The van der Waals surface area contributed by atoms with Crippen LogP contribution in [-0.4, -0.2) is 69.1 Å². The number of aliphatic hydroxyl groups is 4. The lowest BCUT2D eigenvalue weighted by molar-refractivity contribution is -0.214. The highest BCUT2D eigenvalue weighted by molar-refractivity contribution is 6.49. The van der Waals surface area contributed by atoms with E-state index in [4.69, 9.17) is 16.3 Å². The maximum atomic E-state index is 11.4. The molecule has 4 N–H and O–H groups in total. The number of benzene rings is 1. The molecule has 0 amide bonds. The molecular weight excluding hydrogens is 412 g/mol. The van der Waals surface area contributed by atoms with Crippen molar-refractivity contribution in [3.8, 4) is 11.8 Å². The monoisotopic (exact) mass is 434 g/mol. The molecule has 1 aromatic carbocycles. The number of hydrogen-bond acceptors (Lipinski definition) is 7. The zero-order valence-electron chi connectivity index (χ0n) is 16.4. The van der Waals surface area contributed by atoms with Crippen LogP contribution < -0.4 is 0 Å². The fourth-order valence-corrected chi connectivity index (χ4v) is 3.01. The Morgan fingerprint density at radius 3 is 2.17 bits per heavy atom. The van der Waals surface area contributed by atoms with Crippen molar-refractivity contribution in [2.75, 3.05) is 6.61 Å². The number of rotatable bonds is 5. The van der Waals surface area contributed by atoms with E-state index in [1.165, 1.54) is 26.0 Å². The molecule has 1 saturated heterocycles. The van der Waals surface area contributed by atoms with Crippen molar-refractivity contribution >= 4 is 28.2 Å². The van der Waals surface area contributed by atoms with Crippen molar-refractivity contribution in [2.24, 2.45) is 0 Å². The third-order valence-electron chi connectivity index (χ3n) is 4.57. The molecule has 1 aromatic rings. The minimum atomic E-state index is -1.48. The summed E-state index contributed by atoms with van der Waals surface area (Å²) < 4.78 is 5.33. The highest BCUT2D eigenvalue weighted by Crippen LogP contribution is 2.22. The Kier molecular flexibility index (Phi) is 8.50. The van der Waals surface area contributed by atoms with E-state index in [0.29, 0.717) is 16.2 Å². The van der Waals surface area contributed by atoms with Gasteiger partial charge in [-0.1, -0.05) is 35.6 Å². The van der Waals surface area contributed by atoms with Gasteiger partial charge in [0.2, 0.25) is 0 Å². The molecule has 0 aliphatic carbocycles. The first-order valence-corrected chi connectivity index (χ1v) is 9.55. The summed E-state index contributed by atoms with van der Waals surface area (Å²) in [6.07, 6.45) is -3.59. The molecule has 5 atom stereocenters. The number of halogens is 1. The summed E-state index contributed by atoms with van der Waals surface area (Å²) >= 11 is 6.22. The number of carbonyl (C=O) groups is 2. The van der Waals surface area contributed by atoms with Crippen LogP contribution in [0.15, 0.2) is 42.0 Å². The predicted octanol–water partition coefficient (Wildman–Crippen LogP) is 0.565. The molecule has 1 aliphatic rings. The van der Waals surface area contributed by atoms with Crippen LogP contribution in [0.5, 0.6) is 0 Å². The second-order valence-corrected chi connectivity index (χ2v) is 7.21. The molecule has 0 unspecified atom stereocenters. The van der Waals surface area contributed by atoms with Crippen LogP contribution in [0.4, 0.5) is 0 Å². The summed E-state index contributed by atoms with van der Waals surface area (Å²) in [6, 6.07) is 6.71. The van der Waals surface area contributed by atoms with Crippen molar-refractivity contribution in [1.29, 1.82) is 0 Å². The standard InChI is InChI=1S/C22H23ClO7/c1-12(25)16(13(2)26)8-9-17(23)15-6-3-14(4-7-15)5-10-18-20(27)22(29)21(28)19(11-24)30-18/h3-4,6-9,18-22,24,27-29H,11H2,1-2H3/b17-9-/t18-,19+,20+,21+,22+/m0/s1. The van der Waals surface area contributed by atoms with E-state index in [0.717, 1.165) is 0 Å². The number of Topliss-reactive ketones (excluding diaryl/α,β-unsaturated/α-hetero) is 2. The molecule has 0 saturated carbocycles. The Hall–Kier alpha value is -2.31. The van der Waals surface area contributed by atoms with Gasteiger partial charge in [0.1, 0.15) is 30.5 Å². The second kappa shape index (κ2) is 10.6. The van der Waals surface area contributed by atoms with E-state index < -0.39 is 37.1 Å². The number of carbonyl (C=O) groups excluding carboxylic acids is 2. The smallest absolute Gasteiger partial charge is 0.163 e. The van der Waals surface area contributed by atoms with Gasteiger partial charge in [0.05, 0.1) is 12.2 Å². The van der Waals surface area contributed by atoms with E-state index in [1.54, 1.807) is 24.3 Å². The van der Waals surface area contributed by atoms with Gasteiger partial charge in [-0.05, 0) is 43.7 Å². The topological polar surface area (TPSA) is 124 Å². The molecule has 0 spiro atoms. The van der Waals surface area contributed by atoms with Crippen molar-refractivity contribution < 1.29 is 34.8 Å². The Labute approximate surface area is 179 Å². The summed E-state index contributed by atoms with van der Waals surface area (Å²) in [4.78, 5) is 22.9. The van der Waals surface area contributed by atoms with Gasteiger partial charge >= 0.3 is 0 Å². The van der Waals surface area contributed by atoms with Crippen molar-refractivity contribution in [1.82, 2.24) is 0 Å². The van der Waals surface area contributed by atoms with Crippen LogP contribution in [0.25, 0.3) is 5.03 Å². The van der Waals surface area contributed by atoms with E-state index in [9.17, 15) is 30.0 Å². The maximum absolute atomic E-state index is 11.4. The first-order valence-electron chi connectivity index (χ1n) is 9.17. The lowest BCUT2D eigenvalue weighted by atomic mass is 9.95. The molecule has 160 valence electrons. The van der Waals surface area contributed by atoms with E-state index in [2.05, 4.69) is 11.8 Å². The number of ether oxygens (including phenoxy) is 1. The summed E-state index contributed by atoms with van der Waals surface area (Å²) in [5, 5.41) is 39.1. The third kappa shape index (κ3) is 5.86. The van der Waals surface area contributed by atoms with Gasteiger partial charge in [0, 0.05) is 10.6 Å². The van der Waals surface area contributed by atoms with Gasteiger partial charge < -0.3 is 25.2 Å². The molecule has 1 fully saturated rings. The molecule has 0 aromatic heterocycles. The number of aliphatic hydroxyl groups excluding tert-OH is 4. The molecule has 7 nitrogen and oxygen atoms in total. The SMILES string of the molecule is CC(=O)C(=C/C=C(\Cl)c1ccc(C#C[C@@H]2O[C@H](CO)[C@@H](O)[C@H](O)[C@@H]2O)cc1)C(C)=O. The summed E-state index contributed by atoms with van der Waals surface area (Å²) in [5.74, 6) is 4.79. The largest absolute Gasteiger partial charge is 0.394 e. The van der Waals surface area contributed by atoms with Gasteiger partial charge in [-0.2, -0.15) is 0 Å². The van der Waals surface area contributed by atoms with Gasteiger partial charge in [0.15, 0.2) is 11.6 Å². The van der Waals surface area contributed by atoms with Gasteiger partial charge in [-0.15, -0.1) is 0 Å². The summed E-state index contributed by atoms with van der Waals surface area (Å²) in [6.45, 7) is 2.09. The highest BCUT2D eigenvalue weighted by atomic mass is 35.5. The number of ketones is 2. The Balaban J connectivity index is 2.15. The third-order valence-corrected chi connectivity index (χ3v) is 4.91.